The molecule has 1 aromatic heterocycles. The first-order chi connectivity index (χ1) is 9.56. The number of thiophene rings is 1. The molecule has 0 spiro atoms. The van der Waals surface area contributed by atoms with E-state index < -0.39 is 0 Å². The molecule has 6 nitrogen and oxygen atoms in total. The number of nitrogens with two attached hydrogens (primary N) is 1. The third kappa shape index (κ3) is 2.93. The number of nitrogens with one attached hydrogen (secondary N) is 1. The van der Waals surface area contributed by atoms with Crippen LogP contribution in [0.1, 0.15) is 28.6 Å². The van der Waals surface area contributed by atoms with Gasteiger partial charge in [0.2, 0.25) is 0 Å². The molecule has 0 atom stereocenters. The number of carbonyl (C=O) groups is 1. The van der Waals surface area contributed by atoms with E-state index in [-0.39, 0.29) is 5.78 Å². The van der Waals surface area contributed by atoms with E-state index in [0.29, 0.717) is 27.5 Å². The minimum Gasteiger partial charge on any atom is -0.396 e. The Kier molecular flexibility index (Phi) is 4.60. The Bertz CT molecular complexity index is 540. The highest BCUT2D eigenvalue weighted by molar-refractivity contribution is 7.19. The number of rotatable bonds is 4. The number of likely N-dealkylation sites (N-methyl/N-ethyl adjacent to an activating group) is 1. The van der Waals surface area contributed by atoms with E-state index in [9.17, 15) is 10.1 Å². The highest BCUT2D eigenvalue weighted by Gasteiger charge is 2.22. The van der Waals surface area contributed by atoms with Crippen molar-refractivity contribution in [1.29, 1.82) is 5.26 Å². The van der Waals surface area contributed by atoms with Gasteiger partial charge in [0.1, 0.15) is 16.6 Å². The quantitative estimate of drug-likeness (QED) is 0.816. The van der Waals surface area contributed by atoms with E-state index in [1.165, 1.54) is 11.3 Å². The maximum Gasteiger partial charge on any atom is 0.174 e. The molecule has 1 aromatic rings. The first-order valence-corrected chi connectivity index (χ1v) is 7.44. The molecular weight excluding hydrogens is 274 g/mol. The molecule has 0 saturated carbocycles. The molecule has 0 amide bonds. The van der Waals surface area contributed by atoms with Gasteiger partial charge in [-0.1, -0.05) is 6.92 Å². The summed E-state index contributed by atoms with van der Waals surface area (Å²) in [6.07, 6.45) is 0.392. The van der Waals surface area contributed by atoms with Gasteiger partial charge < -0.3 is 16.1 Å². The van der Waals surface area contributed by atoms with Crippen molar-refractivity contribution in [3.05, 3.63) is 10.4 Å². The summed E-state index contributed by atoms with van der Waals surface area (Å²) in [6.45, 7) is 5.47. The number of nitrogen functional groups attached to an aromatic ring is 1. The topological polar surface area (TPSA) is 85.4 Å². The maximum atomic E-state index is 11.8. The highest BCUT2D eigenvalue weighted by atomic mass is 32.1. The van der Waals surface area contributed by atoms with E-state index in [0.717, 1.165) is 26.2 Å². The van der Waals surface area contributed by atoms with Crippen LogP contribution in [0.4, 0.5) is 10.7 Å². The number of ketones is 1. The van der Waals surface area contributed by atoms with Crippen molar-refractivity contribution in [3.63, 3.8) is 0 Å². The molecule has 1 aliphatic heterocycles. The summed E-state index contributed by atoms with van der Waals surface area (Å²) in [5.41, 5.74) is 9.84. The molecule has 0 radical (unpaired) electrons. The Labute approximate surface area is 122 Å². The molecule has 1 saturated heterocycles. The second-order valence-corrected chi connectivity index (χ2v) is 5.86. The van der Waals surface area contributed by atoms with Crippen molar-refractivity contribution >= 4 is 27.8 Å². The van der Waals surface area contributed by atoms with E-state index in [2.05, 4.69) is 28.5 Å². The molecule has 7 heteroatoms. The van der Waals surface area contributed by atoms with E-state index in [1.54, 1.807) is 6.92 Å². The fourth-order valence-electron chi connectivity index (χ4n) is 2.06. The van der Waals surface area contributed by atoms with E-state index in [1.807, 2.05) is 0 Å². The zero-order valence-electron chi connectivity index (χ0n) is 11.8. The lowest BCUT2D eigenvalue weighted by molar-refractivity contribution is 0.0993. The van der Waals surface area contributed by atoms with Gasteiger partial charge in [0.05, 0.1) is 10.6 Å². The molecule has 2 heterocycles. The number of hydrogen-bond acceptors (Lipinski definition) is 7. The normalized spacial score (nSPS) is 16.9. The van der Waals surface area contributed by atoms with Crippen LogP contribution in [0, 0.1) is 11.3 Å². The van der Waals surface area contributed by atoms with Crippen molar-refractivity contribution in [2.45, 2.75) is 13.3 Å². The molecule has 0 bridgehead atoms. The Morgan fingerprint density at radius 3 is 2.65 bits per heavy atom. The average Bonchev–Trinajstić information content (AvgIpc) is 2.76. The van der Waals surface area contributed by atoms with Gasteiger partial charge in [0.25, 0.3) is 0 Å². The Balaban J connectivity index is 2.19. The van der Waals surface area contributed by atoms with E-state index in [4.69, 9.17) is 5.73 Å². The molecule has 0 aromatic carbocycles. The Morgan fingerprint density at radius 2 is 2.10 bits per heavy atom. The van der Waals surface area contributed by atoms with Crippen LogP contribution in [-0.4, -0.2) is 48.9 Å². The summed E-state index contributed by atoms with van der Waals surface area (Å²) in [7, 11) is 2.08. The molecule has 0 aliphatic carbocycles. The van der Waals surface area contributed by atoms with Crippen molar-refractivity contribution < 1.29 is 4.79 Å². The van der Waals surface area contributed by atoms with Crippen LogP contribution in [0.25, 0.3) is 0 Å². The maximum absolute atomic E-state index is 11.8. The van der Waals surface area contributed by atoms with Gasteiger partial charge in [-0.2, -0.15) is 5.26 Å². The third-order valence-corrected chi connectivity index (χ3v) is 4.55. The molecule has 3 N–H and O–H groups in total. The lowest BCUT2D eigenvalue weighted by atomic mass is 10.2. The van der Waals surface area contributed by atoms with Crippen LogP contribution in [-0.2, 0) is 0 Å². The van der Waals surface area contributed by atoms with Crippen molar-refractivity contribution in [3.8, 4) is 6.07 Å². The second-order valence-electron chi connectivity index (χ2n) is 4.84. The highest BCUT2D eigenvalue weighted by Crippen LogP contribution is 2.36. The Hall–Kier alpha value is -1.62. The third-order valence-electron chi connectivity index (χ3n) is 3.39. The van der Waals surface area contributed by atoms with Crippen LogP contribution < -0.4 is 11.2 Å². The zero-order chi connectivity index (χ0) is 14.7. The summed E-state index contributed by atoms with van der Waals surface area (Å²) in [4.78, 5) is 14.6. The van der Waals surface area contributed by atoms with Gasteiger partial charge in [-0.05, 0) is 7.05 Å². The predicted octanol–water partition coefficient (Wildman–Crippen LogP) is 1.37. The summed E-state index contributed by atoms with van der Waals surface area (Å²) in [5.74, 6) is -0.0181. The van der Waals surface area contributed by atoms with Gasteiger partial charge in [0, 0.05) is 32.6 Å². The lowest BCUT2D eigenvalue weighted by Crippen LogP contribution is -2.46. The smallest absolute Gasteiger partial charge is 0.174 e. The van der Waals surface area contributed by atoms with E-state index >= 15 is 0 Å². The summed E-state index contributed by atoms with van der Waals surface area (Å²) in [6, 6.07) is 2.10. The van der Waals surface area contributed by atoms with Gasteiger partial charge in [0.15, 0.2) is 5.78 Å². The molecule has 0 unspecified atom stereocenters. The molecule has 108 valence electrons. The van der Waals surface area contributed by atoms with Gasteiger partial charge >= 0.3 is 0 Å². The lowest BCUT2D eigenvalue weighted by Gasteiger charge is -2.32. The van der Waals surface area contributed by atoms with Crippen LogP contribution in [0.3, 0.4) is 0 Å². The van der Waals surface area contributed by atoms with Crippen LogP contribution in [0.5, 0.6) is 0 Å². The first-order valence-electron chi connectivity index (χ1n) is 6.62. The van der Waals surface area contributed by atoms with Gasteiger partial charge in [-0.15, -0.1) is 11.3 Å². The van der Waals surface area contributed by atoms with Crippen LogP contribution in [0.15, 0.2) is 0 Å². The number of nitriles is 1. The number of nitrogens with zero attached hydrogens (tertiary/aromatic N) is 3. The molecule has 1 aliphatic rings. The summed E-state index contributed by atoms with van der Waals surface area (Å²) >= 11 is 1.27. The minimum atomic E-state index is -0.0181. The largest absolute Gasteiger partial charge is 0.396 e. The molecular formula is C13H19N5OS. The first kappa shape index (κ1) is 14.8. The number of carbonyl (C=O) groups excluding carboxylic acids is 1. The fourth-order valence-corrected chi connectivity index (χ4v) is 3.17. The van der Waals surface area contributed by atoms with Crippen molar-refractivity contribution in [2.24, 2.45) is 0 Å². The monoisotopic (exact) mass is 293 g/mol. The number of hydrogen-bond donors (Lipinski definition) is 2. The number of piperazine rings is 1. The number of Topliss-reactive ketones (excluding diaryl/α,β-unsaturated/α-hetero) is 1. The second kappa shape index (κ2) is 6.22. The van der Waals surface area contributed by atoms with Crippen molar-refractivity contribution in [2.75, 3.05) is 44.4 Å². The summed E-state index contributed by atoms with van der Waals surface area (Å²) in [5, 5.41) is 12.0. The zero-order valence-corrected chi connectivity index (χ0v) is 12.6. The number of anilines is 2. The van der Waals surface area contributed by atoms with Gasteiger partial charge in [-0.3, -0.25) is 4.79 Å². The SMILES string of the molecule is CCC(=O)c1sc(NN2CCN(C)CC2)c(C#N)c1N. The van der Waals surface area contributed by atoms with Crippen LogP contribution >= 0.6 is 11.3 Å². The van der Waals surface area contributed by atoms with Crippen molar-refractivity contribution in [1.82, 2.24) is 9.91 Å². The molecule has 1 fully saturated rings. The Morgan fingerprint density at radius 1 is 1.45 bits per heavy atom. The standard InChI is InChI=1S/C13H19N5OS/c1-3-10(19)12-11(15)9(8-14)13(20-12)16-18-6-4-17(2)5-7-18/h16H,3-7,15H2,1-2H3. The predicted molar refractivity (Wildman–Crippen MR) is 80.8 cm³/mol. The minimum absolute atomic E-state index is 0.0181. The van der Waals surface area contributed by atoms with Gasteiger partial charge in [-0.25, -0.2) is 5.01 Å². The molecule has 2 rings (SSSR count). The average molecular weight is 293 g/mol. The summed E-state index contributed by atoms with van der Waals surface area (Å²) < 4.78 is 0. The number of hydrazine groups is 1. The molecule has 20 heavy (non-hydrogen) atoms. The fraction of sp³-hybridized carbons (Fsp3) is 0.538. The van der Waals surface area contributed by atoms with Crippen LogP contribution in [0.2, 0.25) is 0 Å².